The SMILES string of the molecule is CCCCC/C=C/C(O)C(CO)NC(=O)CCCCCCCCCCC. The van der Waals surface area contributed by atoms with Gasteiger partial charge < -0.3 is 15.5 Å². The van der Waals surface area contributed by atoms with Crippen molar-refractivity contribution in [2.75, 3.05) is 6.61 Å². The second kappa shape index (κ2) is 18.9. The van der Waals surface area contributed by atoms with Gasteiger partial charge in [-0.15, -0.1) is 0 Å². The number of hydrogen-bond donors (Lipinski definition) is 3. The van der Waals surface area contributed by atoms with Gasteiger partial charge in [-0.1, -0.05) is 90.2 Å². The molecule has 2 atom stereocenters. The van der Waals surface area contributed by atoms with Crippen molar-refractivity contribution in [1.82, 2.24) is 5.32 Å². The Bertz CT molecular complexity index is 344. The van der Waals surface area contributed by atoms with Gasteiger partial charge in [0.25, 0.3) is 0 Å². The molecule has 4 heteroatoms. The van der Waals surface area contributed by atoms with Crippen LogP contribution in [0, 0.1) is 0 Å². The summed E-state index contributed by atoms with van der Waals surface area (Å²) in [4.78, 5) is 12.0. The first-order valence-electron chi connectivity index (χ1n) is 10.9. The maximum Gasteiger partial charge on any atom is 0.220 e. The molecule has 0 bridgehead atoms. The zero-order chi connectivity index (χ0) is 19.5. The fourth-order valence-corrected chi connectivity index (χ4v) is 3.00. The Morgan fingerprint density at radius 3 is 2.00 bits per heavy atom. The highest BCUT2D eigenvalue weighted by Crippen LogP contribution is 2.10. The molecule has 0 aromatic heterocycles. The van der Waals surface area contributed by atoms with Crippen molar-refractivity contribution in [2.45, 2.75) is 116 Å². The highest BCUT2D eigenvalue weighted by atomic mass is 16.3. The molecule has 0 saturated carbocycles. The molecule has 0 aliphatic heterocycles. The Morgan fingerprint density at radius 2 is 1.42 bits per heavy atom. The van der Waals surface area contributed by atoms with E-state index in [2.05, 4.69) is 19.2 Å². The van der Waals surface area contributed by atoms with Crippen LogP contribution in [0.15, 0.2) is 12.2 Å². The van der Waals surface area contributed by atoms with Crippen molar-refractivity contribution in [3.05, 3.63) is 12.2 Å². The minimum absolute atomic E-state index is 0.0783. The summed E-state index contributed by atoms with van der Waals surface area (Å²) in [6.07, 6.45) is 18.7. The van der Waals surface area contributed by atoms with Gasteiger partial charge in [-0.05, 0) is 19.3 Å². The van der Waals surface area contributed by atoms with Gasteiger partial charge in [-0.2, -0.15) is 0 Å². The topological polar surface area (TPSA) is 69.6 Å². The Balaban J connectivity index is 3.76. The molecule has 1 amide bonds. The standard InChI is InChI=1S/C22H43NO3/c1-3-5-7-9-10-11-12-14-16-18-22(26)23-20(19-24)21(25)17-15-13-8-6-4-2/h15,17,20-21,24-25H,3-14,16,18-19H2,1-2H3,(H,23,26)/b17-15+. The van der Waals surface area contributed by atoms with Crippen LogP contribution in [0.3, 0.4) is 0 Å². The predicted molar refractivity (Wildman–Crippen MR) is 110 cm³/mol. The summed E-state index contributed by atoms with van der Waals surface area (Å²) in [5.74, 6) is -0.0783. The molecule has 0 aliphatic carbocycles. The summed E-state index contributed by atoms with van der Waals surface area (Å²) in [7, 11) is 0. The van der Waals surface area contributed by atoms with E-state index in [9.17, 15) is 15.0 Å². The molecule has 0 heterocycles. The summed E-state index contributed by atoms with van der Waals surface area (Å²) < 4.78 is 0. The summed E-state index contributed by atoms with van der Waals surface area (Å²) in [5.41, 5.74) is 0. The van der Waals surface area contributed by atoms with Crippen molar-refractivity contribution in [3.8, 4) is 0 Å². The lowest BCUT2D eigenvalue weighted by Gasteiger charge is -2.20. The maximum atomic E-state index is 12.0. The van der Waals surface area contributed by atoms with Gasteiger partial charge in [-0.25, -0.2) is 0 Å². The third kappa shape index (κ3) is 15.4. The molecule has 0 aromatic rings. The smallest absolute Gasteiger partial charge is 0.220 e. The lowest BCUT2D eigenvalue weighted by molar-refractivity contribution is -0.123. The third-order valence-corrected chi connectivity index (χ3v) is 4.77. The fourth-order valence-electron chi connectivity index (χ4n) is 3.00. The minimum Gasteiger partial charge on any atom is -0.394 e. The molecule has 2 unspecified atom stereocenters. The van der Waals surface area contributed by atoms with Crippen LogP contribution in [0.1, 0.15) is 104 Å². The van der Waals surface area contributed by atoms with E-state index >= 15 is 0 Å². The third-order valence-electron chi connectivity index (χ3n) is 4.77. The van der Waals surface area contributed by atoms with Crippen LogP contribution >= 0.6 is 0 Å². The fraction of sp³-hybridized carbons (Fsp3) is 0.864. The highest BCUT2D eigenvalue weighted by molar-refractivity contribution is 5.76. The van der Waals surface area contributed by atoms with Crippen molar-refractivity contribution < 1.29 is 15.0 Å². The van der Waals surface area contributed by atoms with Gasteiger partial charge in [-0.3, -0.25) is 4.79 Å². The van der Waals surface area contributed by atoms with Gasteiger partial charge in [0.1, 0.15) is 0 Å². The molecule has 0 aromatic carbocycles. The van der Waals surface area contributed by atoms with Crippen LogP contribution < -0.4 is 5.32 Å². The largest absolute Gasteiger partial charge is 0.394 e. The van der Waals surface area contributed by atoms with E-state index in [1.54, 1.807) is 6.08 Å². The minimum atomic E-state index is -0.825. The quantitative estimate of drug-likeness (QED) is 0.238. The van der Waals surface area contributed by atoms with E-state index in [-0.39, 0.29) is 12.5 Å². The molecule has 3 N–H and O–H groups in total. The van der Waals surface area contributed by atoms with Crippen LogP contribution in [0.5, 0.6) is 0 Å². The number of nitrogens with one attached hydrogen (secondary N) is 1. The Kier molecular flexibility index (Phi) is 18.3. The van der Waals surface area contributed by atoms with E-state index in [0.29, 0.717) is 6.42 Å². The zero-order valence-electron chi connectivity index (χ0n) is 17.2. The number of carbonyl (C=O) groups is 1. The average Bonchev–Trinajstić information content (AvgIpc) is 2.64. The van der Waals surface area contributed by atoms with Gasteiger partial charge in [0.15, 0.2) is 0 Å². The van der Waals surface area contributed by atoms with Crippen LogP contribution in [-0.4, -0.2) is 34.9 Å². The highest BCUT2D eigenvalue weighted by Gasteiger charge is 2.17. The number of carbonyl (C=O) groups excluding carboxylic acids is 1. The molecule has 154 valence electrons. The van der Waals surface area contributed by atoms with Gasteiger partial charge >= 0.3 is 0 Å². The first kappa shape index (κ1) is 25.1. The summed E-state index contributed by atoms with van der Waals surface area (Å²) >= 11 is 0. The molecule has 0 spiro atoms. The Morgan fingerprint density at radius 1 is 0.885 bits per heavy atom. The second-order valence-electron chi connectivity index (χ2n) is 7.35. The van der Waals surface area contributed by atoms with E-state index in [0.717, 1.165) is 25.7 Å². The van der Waals surface area contributed by atoms with Crippen molar-refractivity contribution >= 4 is 5.91 Å². The summed E-state index contributed by atoms with van der Waals surface area (Å²) in [6, 6.07) is -0.608. The lowest BCUT2D eigenvalue weighted by Crippen LogP contribution is -2.45. The molecule has 0 aliphatic rings. The van der Waals surface area contributed by atoms with Crippen molar-refractivity contribution in [2.24, 2.45) is 0 Å². The van der Waals surface area contributed by atoms with E-state index < -0.39 is 12.1 Å². The molecule has 0 radical (unpaired) electrons. The molecule has 0 saturated heterocycles. The normalized spacial score (nSPS) is 13.8. The molecular weight excluding hydrogens is 326 g/mol. The summed E-state index contributed by atoms with van der Waals surface area (Å²) in [6.45, 7) is 4.14. The number of unbranched alkanes of at least 4 members (excludes halogenated alkanes) is 11. The average molecular weight is 370 g/mol. The number of hydrogen-bond acceptors (Lipinski definition) is 3. The van der Waals surface area contributed by atoms with E-state index in [4.69, 9.17) is 0 Å². The number of amides is 1. The molecule has 26 heavy (non-hydrogen) atoms. The number of rotatable bonds is 18. The number of aliphatic hydroxyl groups excluding tert-OH is 2. The van der Waals surface area contributed by atoms with Crippen LogP contribution in [0.2, 0.25) is 0 Å². The van der Waals surface area contributed by atoms with Crippen molar-refractivity contribution in [3.63, 3.8) is 0 Å². The van der Waals surface area contributed by atoms with Gasteiger partial charge in [0.2, 0.25) is 5.91 Å². The molecule has 0 fully saturated rings. The van der Waals surface area contributed by atoms with E-state index in [1.165, 1.54) is 57.8 Å². The van der Waals surface area contributed by atoms with Crippen LogP contribution in [-0.2, 0) is 4.79 Å². The zero-order valence-corrected chi connectivity index (χ0v) is 17.2. The lowest BCUT2D eigenvalue weighted by atomic mass is 10.1. The van der Waals surface area contributed by atoms with Crippen LogP contribution in [0.25, 0.3) is 0 Å². The van der Waals surface area contributed by atoms with Crippen molar-refractivity contribution in [1.29, 1.82) is 0 Å². The maximum absolute atomic E-state index is 12.0. The number of allylic oxidation sites excluding steroid dienone is 1. The van der Waals surface area contributed by atoms with E-state index in [1.807, 2.05) is 6.08 Å². The predicted octanol–water partition coefficient (Wildman–Crippen LogP) is 4.88. The molecule has 4 nitrogen and oxygen atoms in total. The van der Waals surface area contributed by atoms with Gasteiger partial charge in [0, 0.05) is 6.42 Å². The summed E-state index contributed by atoms with van der Waals surface area (Å²) in [5, 5.41) is 22.2. The van der Waals surface area contributed by atoms with Crippen LogP contribution in [0.4, 0.5) is 0 Å². The Hall–Kier alpha value is -0.870. The Labute approximate surface area is 161 Å². The first-order valence-corrected chi connectivity index (χ1v) is 10.9. The molecule has 0 rings (SSSR count). The second-order valence-corrected chi connectivity index (χ2v) is 7.35. The first-order chi connectivity index (χ1) is 12.7. The monoisotopic (exact) mass is 369 g/mol. The molecular formula is C22H43NO3. The number of aliphatic hydroxyl groups is 2. The van der Waals surface area contributed by atoms with Gasteiger partial charge in [0.05, 0.1) is 18.8 Å².